The first kappa shape index (κ1) is 25.9. The molecule has 2 aromatic heterocycles. The van der Waals surface area contributed by atoms with Crippen molar-refractivity contribution in [3.63, 3.8) is 0 Å². The third kappa shape index (κ3) is 3.19. The van der Waals surface area contributed by atoms with Crippen LogP contribution in [0.5, 0.6) is 0 Å². The molecule has 1 N–H and O–H groups in total. The van der Waals surface area contributed by atoms with E-state index in [0.29, 0.717) is 0 Å². The molecular weight excluding hydrogens is 581 g/mol. The van der Waals surface area contributed by atoms with Crippen molar-refractivity contribution in [3.8, 4) is 27.9 Å². The number of aromatic amines is 1. The quantitative estimate of drug-likeness (QED) is 0.199. The van der Waals surface area contributed by atoms with Crippen LogP contribution in [0, 0.1) is 23.7 Å². The summed E-state index contributed by atoms with van der Waals surface area (Å²) in [6.45, 7) is 0. The molecule has 5 aliphatic carbocycles. The maximum absolute atomic E-state index is 3.59. The Morgan fingerprint density at radius 2 is 1.12 bits per heavy atom. The lowest BCUT2D eigenvalue weighted by molar-refractivity contribution is -0.0399. The molecule has 0 amide bonds. The summed E-state index contributed by atoms with van der Waals surface area (Å²) in [6, 6.07) is 48.5. The average Bonchev–Trinajstić information content (AvgIpc) is 3.76. The van der Waals surface area contributed by atoms with Gasteiger partial charge in [-0.25, -0.2) is 0 Å². The molecule has 5 aliphatic rings. The zero-order chi connectivity index (χ0) is 31.1. The third-order valence-corrected chi connectivity index (χ3v) is 13.3. The van der Waals surface area contributed by atoms with Gasteiger partial charge in [0.1, 0.15) is 0 Å². The van der Waals surface area contributed by atoms with E-state index < -0.39 is 0 Å². The van der Waals surface area contributed by atoms with Crippen LogP contribution in [0.25, 0.3) is 71.6 Å². The smallest absolute Gasteiger partial charge is 0.0541 e. The van der Waals surface area contributed by atoms with Crippen LogP contribution in [-0.4, -0.2) is 9.55 Å². The van der Waals surface area contributed by atoms with Crippen molar-refractivity contribution in [1.29, 1.82) is 0 Å². The standard InChI is InChI=1S/C46H36N2/c1-4-10-40-34(7-1)37-26-33(15-16-41(37)46(40)31-20-27-19-28(22-31)23-32(46)21-27)48-44-12-6-3-9-36(44)39-25-30(14-18-45(39)48)29-13-17-43-38(24-29)35-8-2-5-11-42(35)47-43/h1-18,24-28,31-32,47H,19-23H2. The van der Waals surface area contributed by atoms with E-state index >= 15 is 0 Å². The van der Waals surface area contributed by atoms with Gasteiger partial charge < -0.3 is 9.55 Å². The first-order valence-corrected chi connectivity index (χ1v) is 18.0. The Morgan fingerprint density at radius 1 is 0.479 bits per heavy atom. The number of fused-ring (bicyclic) bond motifs is 9. The summed E-state index contributed by atoms with van der Waals surface area (Å²) in [6.07, 6.45) is 7.18. The van der Waals surface area contributed by atoms with Crippen LogP contribution in [0.3, 0.4) is 0 Å². The third-order valence-electron chi connectivity index (χ3n) is 13.3. The van der Waals surface area contributed by atoms with Gasteiger partial charge >= 0.3 is 0 Å². The highest BCUT2D eigenvalue weighted by Crippen LogP contribution is 2.69. The van der Waals surface area contributed by atoms with Gasteiger partial charge in [0.2, 0.25) is 0 Å². The lowest BCUT2D eigenvalue weighted by atomic mass is 9.43. The van der Waals surface area contributed by atoms with E-state index in [1.165, 1.54) is 104 Å². The Kier molecular flexibility index (Phi) is 4.91. The van der Waals surface area contributed by atoms with E-state index in [2.05, 4.69) is 137 Å². The summed E-state index contributed by atoms with van der Waals surface area (Å²) >= 11 is 0. The van der Waals surface area contributed by atoms with Crippen molar-refractivity contribution in [2.24, 2.45) is 23.7 Å². The second kappa shape index (κ2) is 9.08. The maximum Gasteiger partial charge on any atom is 0.0541 e. The number of rotatable bonds is 2. The van der Waals surface area contributed by atoms with Gasteiger partial charge in [-0.1, -0.05) is 78.9 Å². The number of H-pyrrole nitrogens is 1. The fraction of sp³-hybridized carbons (Fsp3) is 0.217. The fourth-order valence-electron chi connectivity index (χ4n) is 11.7. The molecule has 6 aromatic carbocycles. The minimum Gasteiger partial charge on any atom is -0.355 e. The van der Waals surface area contributed by atoms with Crippen molar-refractivity contribution in [2.45, 2.75) is 37.5 Å². The Balaban J connectivity index is 1.04. The number of aromatic nitrogens is 2. The summed E-state index contributed by atoms with van der Waals surface area (Å²) in [5, 5.41) is 5.17. The van der Waals surface area contributed by atoms with Crippen LogP contribution >= 0.6 is 0 Å². The summed E-state index contributed by atoms with van der Waals surface area (Å²) in [4.78, 5) is 3.59. The molecule has 0 aliphatic heterocycles. The normalized spacial score (nSPS) is 25.2. The number of hydrogen-bond donors (Lipinski definition) is 1. The number of nitrogens with zero attached hydrogens (tertiary/aromatic N) is 1. The largest absolute Gasteiger partial charge is 0.355 e. The topological polar surface area (TPSA) is 20.7 Å². The molecule has 0 saturated heterocycles. The van der Waals surface area contributed by atoms with Crippen LogP contribution in [0.1, 0.15) is 43.2 Å². The van der Waals surface area contributed by atoms with E-state index in [-0.39, 0.29) is 5.41 Å². The van der Waals surface area contributed by atoms with E-state index in [9.17, 15) is 0 Å². The van der Waals surface area contributed by atoms with Gasteiger partial charge in [-0.3, -0.25) is 0 Å². The predicted molar refractivity (Wildman–Crippen MR) is 199 cm³/mol. The molecule has 2 heteroatoms. The van der Waals surface area contributed by atoms with Gasteiger partial charge in [-0.15, -0.1) is 0 Å². The highest BCUT2D eigenvalue weighted by molar-refractivity contribution is 6.12. The molecule has 4 fully saturated rings. The Labute approximate surface area is 280 Å². The van der Waals surface area contributed by atoms with Crippen LogP contribution in [-0.2, 0) is 5.41 Å². The minimum absolute atomic E-state index is 0.208. The van der Waals surface area contributed by atoms with E-state index in [4.69, 9.17) is 0 Å². The molecule has 2 heterocycles. The highest BCUT2D eigenvalue weighted by atomic mass is 15.0. The maximum atomic E-state index is 3.59. The fourth-order valence-corrected chi connectivity index (χ4v) is 11.7. The van der Waals surface area contributed by atoms with Crippen molar-refractivity contribution < 1.29 is 0 Å². The zero-order valence-electron chi connectivity index (χ0n) is 26.9. The summed E-state index contributed by atoms with van der Waals surface area (Å²) in [5.74, 6) is 3.50. The highest BCUT2D eigenvalue weighted by Gasteiger charge is 2.61. The first-order valence-electron chi connectivity index (χ1n) is 18.0. The Hall–Kier alpha value is -5.08. The summed E-state index contributed by atoms with van der Waals surface area (Å²) < 4.78 is 2.52. The molecule has 0 radical (unpaired) electrons. The van der Waals surface area contributed by atoms with E-state index in [1.807, 2.05) is 0 Å². The molecule has 4 bridgehead atoms. The molecule has 0 unspecified atom stereocenters. The number of benzene rings is 6. The first-order chi connectivity index (χ1) is 23.7. The monoisotopic (exact) mass is 616 g/mol. The summed E-state index contributed by atoms with van der Waals surface area (Å²) in [7, 11) is 0. The minimum atomic E-state index is 0.208. The Morgan fingerprint density at radius 3 is 1.98 bits per heavy atom. The van der Waals surface area contributed by atoms with E-state index in [0.717, 1.165) is 23.7 Å². The number of nitrogens with one attached hydrogen (secondary N) is 1. The molecule has 48 heavy (non-hydrogen) atoms. The molecule has 4 saturated carbocycles. The molecule has 230 valence electrons. The number of hydrogen-bond acceptors (Lipinski definition) is 0. The molecular formula is C46H36N2. The van der Waals surface area contributed by atoms with Crippen LogP contribution < -0.4 is 0 Å². The van der Waals surface area contributed by atoms with Crippen LogP contribution in [0.4, 0.5) is 0 Å². The SMILES string of the molecule is c1ccc2c(c1)-c1cc(-n3c4ccccc4c4cc(-c5ccc6[nH]c7ccccc7c6c5)ccc43)ccc1C21C2CC3CC(C2)CC1C3. The van der Waals surface area contributed by atoms with Gasteiger partial charge in [-0.2, -0.15) is 0 Å². The second-order valence-corrected chi connectivity index (χ2v) is 15.5. The van der Waals surface area contributed by atoms with Crippen LogP contribution in [0.15, 0.2) is 127 Å². The molecule has 2 nitrogen and oxygen atoms in total. The van der Waals surface area contributed by atoms with Gasteiger partial charge in [-0.05, 0) is 138 Å². The van der Waals surface area contributed by atoms with Gasteiger partial charge in [0.25, 0.3) is 0 Å². The molecule has 8 aromatic rings. The van der Waals surface area contributed by atoms with Gasteiger partial charge in [0.15, 0.2) is 0 Å². The van der Waals surface area contributed by atoms with Crippen molar-refractivity contribution in [1.82, 2.24) is 9.55 Å². The Bertz CT molecular complexity index is 2620. The molecule has 1 spiro atoms. The summed E-state index contributed by atoms with van der Waals surface area (Å²) in [5.41, 5.74) is 15.1. The van der Waals surface area contributed by atoms with Gasteiger partial charge in [0.05, 0.1) is 11.0 Å². The van der Waals surface area contributed by atoms with Crippen molar-refractivity contribution >= 4 is 43.6 Å². The second-order valence-electron chi connectivity index (χ2n) is 15.5. The van der Waals surface area contributed by atoms with Gasteiger partial charge in [0, 0.05) is 43.7 Å². The van der Waals surface area contributed by atoms with Crippen molar-refractivity contribution in [2.75, 3.05) is 0 Å². The average molecular weight is 617 g/mol. The zero-order valence-corrected chi connectivity index (χ0v) is 26.9. The van der Waals surface area contributed by atoms with Crippen LogP contribution in [0.2, 0.25) is 0 Å². The molecule has 0 atom stereocenters. The lowest BCUT2D eigenvalue weighted by Gasteiger charge is -2.61. The van der Waals surface area contributed by atoms with E-state index in [1.54, 1.807) is 11.1 Å². The van der Waals surface area contributed by atoms with Crippen molar-refractivity contribution in [3.05, 3.63) is 139 Å². The lowest BCUT2D eigenvalue weighted by Crippen LogP contribution is -2.55. The number of para-hydroxylation sites is 2. The molecule has 13 rings (SSSR count). The predicted octanol–water partition coefficient (Wildman–Crippen LogP) is 11.8.